The molecule has 0 aromatic heterocycles. The average Bonchev–Trinajstić information content (AvgIpc) is 2.41. The van der Waals surface area contributed by atoms with Gasteiger partial charge in [0.25, 0.3) is 0 Å². The Morgan fingerprint density at radius 2 is 1.83 bits per heavy atom. The summed E-state index contributed by atoms with van der Waals surface area (Å²) in [6.07, 6.45) is 0.945. The molecule has 2 aromatic carbocycles. The summed E-state index contributed by atoms with van der Waals surface area (Å²) >= 11 is 3.45. The minimum Gasteiger partial charge on any atom is -0.289 e. The van der Waals surface area contributed by atoms with Crippen LogP contribution in [0, 0.1) is 6.92 Å². The molecule has 0 fully saturated rings. The van der Waals surface area contributed by atoms with E-state index in [0.717, 1.165) is 27.6 Å². The van der Waals surface area contributed by atoms with Gasteiger partial charge in [-0.15, -0.1) is 0 Å². The fraction of sp³-hybridized carbons (Fsp3) is 0.188. The molecular formula is C16H15BrO. The van der Waals surface area contributed by atoms with Crippen LogP contribution in [0.1, 0.15) is 34.0 Å². The maximum Gasteiger partial charge on any atom is 0.193 e. The van der Waals surface area contributed by atoms with Crippen LogP contribution in [-0.2, 0) is 6.42 Å². The summed E-state index contributed by atoms with van der Waals surface area (Å²) in [6.45, 7) is 4.08. The van der Waals surface area contributed by atoms with E-state index >= 15 is 0 Å². The first-order valence-corrected chi connectivity index (χ1v) is 6.81. The summed E-state index contributed by atoms with van der Waals surface area (Å²) in [7, 11) is 0. The van der Waals surface area contributed by atoms with Crippen LogP contribution in [-0.4, -0.2) is 5.78 Å². The lowest BCUT2D eigenvalue weighted by Crippen LogP contribution is -2.02. The van der Waals surface area contributed by atoms with Crippen molar-refractivity contribution in [2.45, 2.75) is 20.3 Å². The van der Waals surface area contributed by atoms with Gasteiger partial charge in [0.1, 0.15) is 0 Å². The SMILES string of the molecule is CCc1cccc(C(=O)c2ccc(Br)c(C)c2)c1. The van der Waals surface area contributed by atoms with Gasteiger partial charge in [-0.3, -0.25) is 4.79 Å². The monoisotopic (exact) mass is 302 g/mol. The first-order chi connectivity index (χ1) is 8.61. The number of aryl methyl sites for hydroxylation is 2. The Morgan fingerprint density at radius 1 is 1.11 bits per heavy atom. The Kier molecular flexibility index (Phi) is 3.97. The largest absolute Gasteiger partial charge is 0.289 e. The maximum absolute atomic E-state index is 12.4. The minimum absolute atomic E-state index is 0.0842. The van der Waals surface area contributed by atoms with E-state index < -0.39 is 0 Å². The van der Waals surface area contributed by atoms with Crippen LogP contribution < -0.4 is 0 Å². The van der Waals surface area contributed by atoms with Crippen molar-refractivity contribution in [2.24, 2.45) is 0 Å². The highest BCUT2D eigenvalue weighted by molar-refractivity contribution is 9.10. The fourth-order valence-electron chi connectivity index (χ4n) is 1.89. The topological polar surface area (TPSA) is 17.1 Å². The van der Waals surface area contributed by atoms with Crippen LogP contribution >= 0.6 is 15.9 Å². The molecule has 0 saturated heterocycles. The van der Waals surface area contributed by atoms with Gasteiger partial charge < -0.3 is 0 Å². The highest BCUT2D eigenvalue weighted by atomic mass is 79.9. The van der Waals surface area contributed by atoms with E-state index in [1.807, 2.05) is 49.4 Å². The predicted octanol–water partition coefficient (Wildman–Crippen LogP) is 4.55. The van der Waals surface area contributed by atoms with Crippen LogP contribution in [0.25, 0.3) is 0 Å². The predicted molar refractivity (Wildman–Crippen MR) is 78.1 cm³/mol. The Labute approximate surface area is 116 Å². The number of hydrogen-bond acceptors (Lipinski definition) is 1. The van der Waals surface area contributed by atoms with Gasteiger partial charge >= 0.3 is 0 Å². The highest BCUT2D eigenvalue weighted by Crippen LogP contribution is 2.19. The fourth-order valence-corrected chi connectivity index (χ4v) is 2.13. The third-order valence-corrected chi connectivity index (χ3v) is 3.91. The van der Waals surface area contributed by atoms with Gasteiger partial charge in [0.15, 0.2) is 5.78 Å². The zero-order valence-corrected chi connectivity index (χ0v) is 12.1. The van der Waals surface area contributed by atoms with Crippen molar-refractivity contribution in [3.05, 3.63) is 69.2 Å². The van der Waals surface area contributed by atoms with E-state index in [9.17, 15) is 4.79 Å². The molecule has 2 heteroatoms. The summed E-state index contributed by atoms with van der Waals surface area (Å²) in [5, 5.41) is 0. The summed E-state index contributed by atoms with van der Waals surface area (Å²) < 4.78 is 1.03. The highest BCUT2D eigenvalue weighted by Gasteiger charge is 2.10. The first kappa shape index (κ1) is 13.0. The van der Waals surface area contributed by atoms with E-state index in [0.29, 0.717) is 0 Å². The molecule has 2 rings (SSSR count). The minimum atomic E-state index is 0.0842. The molecule has 0 atom stereocenters. The van der Waals surface area contributed by atoms with Crippen LogP contribution in [0.5, 0.6) is 0 Å². The van der Waals surface area contributed by atoms with Gasteiger partial charge in [-0.2, -0.15) is 0 Å². The number of carbonyl (C=O) groups is 1. The van der Waals surface area contributed by atoms with E-state index in [-0.39, 0.29) is 5.78 Å². The zero-order chi connectivity index (χ0) is 13.1. The molecular weight excluding hydrogens is 288 g/mol. The van der Waals surface area contributed by atoms with Gasteiger partial charge in [0.2, 0.25) is 0 Å². The number of carbonyl (C=O) groups excluding carboxylic acids is 1. The molecule has 0 saturated carbocycles. The second-order valence-corrected chi connectivity index (χ2v) is 5.20. The third kappa shape index (κ3) is 2.70. The lowest BCUT2D eigenvalue weighted by atomic mass is 9.99. The molecule has 2 aromatic rings. The van der Waals surface area contributed by atoms with E-state index in [1.165, 1.54) is 5.56 Å². The second-order valence-electron chi connectivity index (χ2n) is 4.35. The lowest BCUT2D eigenvalue weighted by Gasteiger charge is -2.05. The van der Waals surface area contributed by atoms with Gasteiger partial charge in [0.05, 0.1) is 0 Å². The molecule has 1 nitrogen and oxygen atoms in total. The van der Waals surface area contributed by atoms with Gasteiger partial charge in [0, 0.05) is 15.6 Å². The van der Waals surface area contributed by atoms with E-state index in [2.05, 4.69) is 22.9 Å². The zero-order valence-electron chi connectivity index (χ0n) is 10.5. The standard InChI is InChI=1S/C16H15BrO/c1-3-12-5-4-6-13(10-12)16(18)14-7-8-15(17)11(2)9-14/h4-10H,3H2,1-2H3. The van der Waals surface area contributed by atoms with Crippen LogP contribution in [0.15, 0.2) is 46.9 Å². The quantitative estimate of drug-likeness (QED) is 0.760. The Morgan fingerprint density at radius 3 is 2.50 bits per heavy atom. The molecule has 0 unspecified atom stereocenters. The van der Waals surface area contributed by atoms with Crippen LogP contribution in [0.2, 0.25) is 0 Å². The normalized spacial score (nSPS) is 10.4. The molecule has 0 radical (unpaired) electrons. The number of rotatable bonds is 3. The number of halogens is 1. The Bertz CT molecular complexity index is 587. The first-order valence-electron chi connectivity index (χ1n) is 6.01. The summed E-state index contributed by atoms with van der Waals surface area (Å²) in [5.41, 5.74) is 3.77. The Balaban J connectivity index is 2.38. The van der Waals surface area contributed by atoms with Gasteiger partial charge in [-0.25, -0.2) is 0 Å². The lowest BCUT2D eigenvalue weighted by molar-refractivity contribution is 0.103. The van der Waals surface area contributed by atoms with Gasteiger partial charge in [-0.1, -0.05) is 41.1 Å². The van der Waals surface area contributed by atoms with Crippen LogP contribution in [0.4, 0.5) is 0 Å². The van der Waals surface area contributed by atoms with Crippen molar-refractivity contribution >= 4 is 21.7 Å². The summed E-state index contributed by atoms with van der Waals surface area (Å²) in [6, 6.07) is 13.5. The molecule has 0 aliphatic carbocycles. The van der Waals surface area contributed by atoms with Crippen molar-refractivity contribution in [3.63, 3.8) is 0 Å². The molecule has 0 spiro atoms. The van der Waals surface area contributed by atoms with E-state index in [1.54, 1.807) is 0 Å². The third-order valence-electron chi connectivity index (χ3n) is 3.02. The molecule has 0 N–H and O–H groups in total. The second kappa shape index (κ2) is 5.49. The smallest absolute Gasteiger partial charge is 0.193 e. The van der Waals surface area contributed by atoms with Crippen molar-refractivity contribution in [1.82, 2.24) is 0 Å². The average molecular weight is 303 g/mol. The molecule has 0 amide bonds. The summed E-state index contributed by atoms with van der Waals surface area (Å²) in [5.74, 6) is 0.0842. The molecule has 0 heterocycles. The number of ketones is 1. The van der Waals surface area contributed by atoms with Gasteiger partial charge in [-0.05, 0) is 48.7 Å². The molecule has 0 aliphatic rings. The number of benzene rings is 2. The molecule has 0 aliphatic heterocycles. The maximum atomic E-state index is 12.4. The Hall–Kier alpha value is -1.41. The number of hydrogen-bond donors (Lipinski definition) is 0. The van der Waals surface area contributed by atoms with E-state index in [4.69, 9.17) is 0 Å². The summed E-state index contributed by atoms with van der Waals surface area (Å²) in [4.78, 5) is 12.4. The van der Waals surface area contributed by atoms with Crippen LogP contribution in [0.3, 0.4) is 0 Å². The van der Waals surface area contributed by atoms with Crippen molar-refractivity contribution in [3.8, 4) is 0 Å². The van der Waals surface area contributed by atoms with Crippen molar-refractivity contribution < 1.29 is 4.79 Å². The molecule has 0 bridgehead atoms. The molecule has 92 valence electrons. The van der Waals surface area contributed by atoms with Crippen molar-refractivity contribution in [1.29, 1.82) is 0 Å². The molecule has 18 heavy (non-hydrogen) atoms. The van der Waals surface area contributed by atoms with Crippen molar-refractivity contribution in [2.75, 3.05) is 0 Å².